The monoisotopic (exact) mass is 633 g/mol. The number of Topliss-reactive ketones (excluding diaryl/α,β-unsaturated/α-hetero) is 1. The highest BCUT2D eigenvalue weighted by Crippen LogP contribution is 2.24. The molecular weight excluding hydrogens is 591 g/mol. The first kappa shape index (κ1) is 38.0. The number of halogens is 5. The van der Waals surface area contributed by atoms with E-state index in [1.54, 1.807) is 40.9 Å². The molecule has 0 atom stereocenters. The van der Waals surface area contributed by atoms with Crippen molar-refractivity contribution in [1.82, 2.24) is 5.32 Å². The number of hydrogen-bond donors (Lipinski definition) is 1. The zero-order valence-corrected chi connectivity index (χ0v) is 25.8. The van der Waals surface area contributed by atoms with Crippen molar-refractivity contribution in [1.29, 1.82) is 0 Å². The lowest BCUT2D eigenvalue weighted by atomic mass is 10.1. The Morgan fingerprint density at radius 1 is 1.02 bits per heavy atom. The Balaban J connectivity index is 0.000000711. The summed E-state index contributed by atoms with van der Waals surface area (Å²) in [5.41, 5.74) is 1.73. The van der Waals surface area contributed by atoms with Gasteiger partial charge in [-0.2, -0.15) is 13.2 Å². The van der Waals surface area contributed by atoms with Crippen LogP contribution < -0.4 is 14.8 Å². The van der Waals surface area contributed by atoms with E-state index >= 15 is 0 Å². The van der Waals surface area contributed by atoms with Gasteiger partial charge in [0.25, 0.3) is 0 Å². The Bertz CT molecular complexity index is 1250. The van der Waals surface area contributed by atoms with Crippen LogP contribution in [-0.2, 0) is 9.53 Å². The number of rotatable bonds is 8. The molecule has 0 aliphatic carbocycles. The van der Waals surface area contributed by atoms with Crippen LogP contribution in [0, 0.1) is 11.6 Å². The van der Waals surface area contributed by atoms with Gasteiger partial charge in [-0.1, -0.05) is 13.8 Å². The minimum Gasteiger partial charge on any atom is -0.496 e. The Morgan fingerprint density at radius 3 is 2.05 bits per heavy atom. The SMILES string of the molecule is COc1cc(F)ccc1C(=O)CCCNC(=O)OC(C)(C)C.COc1cc(F)ccc1C1=NCCC1.O=CC(F)(F)F.[2H]CC. The van der Waals surface area contributed by atoms with Crippen molar-refractivity contribution in [3.63, 3.8) is 0 Å². The van der Waals surface area contributed by atoms with Crippen LogP contribution in [-0.4, -0.2) is 63.0 Å². The Hall–Kier alpha value is -4.03. The maximum atomic E-state index is 13.1. The molecule has 0 spiro atoms. The standard InChI is InChI=1S/C16H22FNO4.C11H12FNO.C2HF3O.C2H6/c1-16(2,3)22-15(20)18-9-5-6-13(19)12-8-7-11(17)10-14(12)21-4;1-14-11-7-8(12)4-5-9(11)10-3-2-6-13-10;3-2(4,5)1-6;1-2/h7-8,10H,5-6,9H2,1-4H3,(H,18,20);4-5,7H,2-3,6H2,1H3;1H;1-2H3/i;;;1D. The lowest BCUT2D eigenvalue weighted by molar-refractivity contribution is -0.156. The molecule has 2 aromatic carbocycles. The summed E-state index contributed by atoms with van der Waals surface area (Å²) in [5, 5.41) is 2.58. The van der Waals surface area contributed by atoms with E-state index in [0.717, 1.165) is 30.7 Å². The third-order valence-electron chi connectivity index (χ3n) is 5.20. The number of carbonyl (C=O) groups excluding carboxylic acids is 3. The van der Waals surface area contributed by atoms with Crippen LogP contribution in [0.1, 0.15) is 77.6 Å². The lowest BCUT2D eigenvalue weighted by Gasteiger charge is -2.19. The minimum atomic E-state index is -4.64. The van der Waals surface area contributed by atoms with Crippen LogP contribution in [0.2, 0.25) is 0 Å². The molecule has 0 aromatic heterocycles. The fourth-order valence-corrected chi connectivity index (χ4v) is 3.45. The smallest absolute Gasteiger partial charge is 0.446 e. The van der Waals surface area contributed by atoms with Gasteiger partial charge in [0.15, 0.2) is 5.78 Å². The number of carbonyl (C=O) groups is 3. The molecule has 0 saturated heterocycles. The molecule has 1 aliphatic rings. The molecule has 3 rings (SSSR count). The van der Waals surface area contributed by atoms with E-state index in [0.29, 0.717) is 31.2 Å². The second-order valence-electron chi connectivity index (χ2n) is 9.74. The van der Waals surface area contributed by atoms with Gasteiger partial charge in [0, 0.05) is 44.3 Å². The fraction of sp³-hybridized carbons (Fsp3) is 0.484. The molecule has 1 aliphatic heterocycles. The molecule has 0 fully saturated rings. The minimum absolute atomic E-state index is 0.164. The highest BCUT2D eigenvalue weighted by molar-refractivity contribution is 6.03. The molecule has 1 amide bonds. The van der Waals surface area contributed by atoms with E-state index in [4.69, 9.17) is 20.4 Å². The quantitative estimate of drug-likeness (QED) is 0.140. The van der Waals surface area contributed by atoms with Gasteiger partial charge in [-0.15, -0.1) is 0 Å². The van der Waals surface area contributed by atoms with E-state index in [1.165, 1.54) is 37.4 Å². The molecule has 0 bridgehead atoms. The maximum Gasteiger partial charge on any atom is 0.446 e. The summed E-state index contributed by atoms with van der Waals surface area (Å²) in [5.74, 6) is -0.109. The van der Waals surface area contributed by atoms with E-state index in [2.05, 4.69) is 10.3 Å². The number of nitrogens with zero attached hydrogens (tertiary/aromatic N) is 1. The average molecular weight is 634 g/mol. The molecule has 0 radical (unpaired) electrons. The number of aldehydes is 1. The van der Waals surface area contributed by atoms with E-state index in [-0.39, 0.29) is 23.8 Å². The number of alkyl carbamates (subject to hydrolysis) is 1. The molecule has 1 N–H and O–H groups in total. The number of nitrogens with one attached hydrogen (secondary N) is 1. The van der Waals surface area contributed by atoms with Crippen molar-refractivity contribution >= 4 is 23.9 Å². The summed E-state index contributed by atoms with van der Waals surface area (Å²) in [6.45, 7) is 8.81. The van der Waals surface area contributed by atoms with Crippen LogP contribution >= 0.6 is 0 Å². The highest BCUT2D eigenvalue weighted by atomic mass is 19.4. The predicted molar refractivity (Wildman–Crippen MR) is 158 cm³/mol. The summed E-state index contributed by atoms with van der Waals surface area (Å²) in [4.78, 5) is 36.6. The van der Waals surface area contributed by atoms with E-state index in [9.17, 15) is 31.5 Å². The second-order valence-corrected chi connectivity index (χ2v) is 9.74. The average Bonchev–Trinajstić information content (AvgIpc) is 3.50. The number of amides is 1. The summed E-state index contributed by atoms with van der Waals surface area (Å²) >= 11 is 0. The Morgan fingerprint density at radius 2 is 1.57 bits per heavy atom. The van der Waals surface area contributed by atoms with Crippen molar-refractivity contribution in [3.05, 3.63) is 59.2 Å². The molecule has 13 heteroatoms. The topological polar surface area (TPSA) is 103 Å². The van der Waals surface area contributed by atoms with Crippen molar-refractivity contribution in [3.8, 4) is 11.5 Å². The molecule has 1 heterocycles. The first-order valence-electron chi connectivity index (χ1n) is 14.3. The Kier molecular flexibility index (Phi) is 17.3. The number of aliphatic imine (C=N–C) groups is 1. The van der Waals surface area contributed by atoms with Crippen LogP contribution in [0.4, 0.5) is 26.7 Å². The number of benzene rings is 2. The van der Waals surface area contributed by atoms with Gasteiger partial charge in [-0.3, -0.25) is 14.6 Å². The van der Waals surface area contributed by atoms with Crippen LogP contribution in [0.3, 0.4) is 0 Å². The fourth-order valence-electron chi connectivity index (χ4n) is 3.45. The molecule has 8 nitrogen and oxygen atoms in total. The van der Waals surface area contributed by atoms with Crippen molar-refractivity contribution in [2.75, 3.05) is 27.3 Å². The zero-order valence-electron chi connectivity index (χ0n) is 26.8. The number of ether oxygens (including phenoxy) is 3. The summed E-state index contributed by atoms with van der Waals surface area (Å²) in [6.07, 6.45) is -3.50. The first-order chi connectivity index (χ1) is 21.0. The molecule has 0 unspecified atom stereocenters. The normalized spacial score (nSPS) is 12.3. The van der Waals surface area contributed by atoms with E-state index in [1.807, 2.05) is 0 Å². The summed E-state index contributed by atoms with van der Waals surface area (Å²) in [7, 11) is 2.93. The summed E-state index contributed by atoms with van der Waals surface area (Å²) < 4.78 is 78.6. The maximum absolute atomic E-state index is 13.1. The first-order valence-corrected chi connectivity index (χ1v) is 13.5. The highest BCUT2D eigenvalue weighted by Gasteiger charge is 2.25. The van der Waals surface area contributed by atoms with Gasteiger partial charge in [0.05, 0.1) is 19.8 Å². The third-order valence-corrected chi connectivity index (χ3v) is 5.20. The van der Waals surface area contributed by atoms with Gasteiger partial charge >= 0.3 is 12.3 Å². The number of ketones is 1. The van der Waals surface area contributed by atoms with Gasteiger partial charge < -0.3 is 19.5 Å². The second kappa shape index (κ2) is 20.0. The number of methoxy groups -OCH3 is 2. The van der Waals surface area contributed by atoms with Gasteiger partial charge in [0.2, 0.25) is 6.29 Å². The van der Waals surface area contributed by atoms with Crippen molar-refractivity contribution in [2.24, 2.45) is 4.99 Å². The third kappa shape index (κ3) is 16.6. The van der Waals surface area contributed by atoms with Crippen LogP contribution in [0.25, 0.3) is 0 Å². The van der Waals surface area contributed by atoms with Gasteiger partial charge in [-0.05, 0) is 64.3 Å². The largest absolute Gasteiger partial charge is 0.496 e. The Labute approximate surface area is 256 Å². The molecule has 0 saturated carbocycles. The predicted octanol–water partition coefficient (Wildman–Crippen LogP) is 7.51. The number of alkyl halides is 3. The van der Waals surface area contributed by atoms with E-state index < -0.39 is 30.0 Å². The van der Waals surface area contributed by atoms with Gasteiger partial charge in [-0.25, -0.2) is 13.6 Å². The van der Waals surface area contributed by atoms with Gasteiger partial charge in [0.1, 0.15) is 28.7 Å². The van der Waals surface area contributed by atoms with Crippen LogP contribution in [0.15, 0.2) is 41.4 Å². The zero-order chi connectivity index (χ0) is 34.6. The molecular formula is C31H41F5N2O6. The summed E-state index contributed by atoms with van der Waals surface area (Å²) in [6, 6.07) is 8.37. The number of hydrogen-bond acceptors (Lipinski definition) is 7. The molecule has 44 heavy (non-hydrogen) atoms. The van der Waals surface area contributed by atoms with Crippen LogP contribution in [0.5, 0.6) is 11.5 Å². The molecule has 246 valence electrons. The van der Waals surface area contributed by atoms with Crippen molar-refractivity contribution in [2.45, 2.75) is 72.1 Å². The lowest BCUT2D eigenvalue weighted by Crippen LogP contribution is -2.33. The molecule has 2 aromatic rings. The van der Waals surface area contributed by atoms with Crippen molar-refractivity contribution < 1.29 is 51.9 Å².